The van der Waals surface area contributed by atoms with Crippen molar-refractivity contribution in [2.24, 2.45) is 0 Å². The first-order valence-corrected chi connectivity index (χ1v) is 13.5. The Morgan fingerprint density at radius 3 is 2.41 bits per heavy atom. The van der Waals surface area contributed by atoms with Gasteiger partial charge in [0.2, 0.25) is 5.95 Å². The van der Waals surface area contributed by atoms with Crippen LogP contribution < -0.4 is 20.3 Å². The molecular formula is C32H32N6O3. The average Bonchev–Trinajstić information content (AvgIpc) is 3.51. The Bertz CT molecular complexity index is 1680. The molecule has 1 amide bonds. The van der Waals surface area contributed by atoms with E-state index in [2.05, 4.69) is 31.6 Å². The highest BCUT2D eigenvalue weighted by Crippen LogP contribution is 2.35. The number of anilines is 4. The molecule has 3 aromatic carbocycles. The Labute approximate surface area is 239 Å². The third-order valence-corrected chi connectivity index (χ3v) is 7.20. The number of benzene rings is 3. The normalized spacial score (nSPS) is 13.1. The molecule has 0 spiro atoms. The summed E-state index contributed by atoms with van der Waals surface area (Å²) < 4.78 is 5.43. The number of fused-ring (bicyclic) bond motifs is 1. The Kier molecular flexibility index (Phi) is 7.58. The molecule has 1 aliphatic rings. The maximum absolute atomic E-state index is 13.5. The zero-order valence-corrected chi connectivity index (χ0v) is 23.6. The number of nitrogens with one attached hydrogen (secondary N) is 2. The maximum atomic E-state index is 13.5. The van der Waals surface area contributed by atoms with E-state index < -0.39 is 11.7 Å². The highest BCUT2D eigenvalue weighted by Gasteiger charge is 2.25. The number of aromatic nitrogens is 2. The van der Waals surface area contributed by atoms with Crippen LogP contribution >= 0.6 is 0 Å². The molecule has 2 N–H and O–H groups in total. The van der Waals surface area contributed by atoms with Crippen molar-refractivity contribution in [3.05, 3.63) is 77.5 Å². The smallest absolute Gasteiger partial charge is 0.296 e. The monoisotopic (exact) mass is 548 g/mol. The number of hydrogen-bond acceptors (Lipinski definition) is 8. The van der Waals surface area contributed by atoms with Gasteiger partial charge < -0.3 is 20.3 Å². The van der Waals surface area contributed by atoms with Gasteiger partial charge in [0.15, 0.2) is 5.75 Å². The summed E-state index contributed by atoms with van der Waals surface area (Å²) in [4.78, 5) is 38.0. The standard InChI is InChI=1S/C32H32N6O3/c1-32(2,3)21-17-20(19-33)29(41-4)26(18-21)36-30(40)28(39)24-11-12-25(23-10-6-5-9-22(23)24)35-27-13-14-34-31(37-27)38-15-7-8-16-38/h5-6,9-14,17-18H,7-8,15-16H2,1-4H3,(H,36,40)(H,34,35,37). The lowest BCUT2D eigenvalue weighted by Gasteiger charge is -2.22. The molecule has 0 radical (unpaired) electrons. The largest absolute Gasteiger partial charge is 0.493 e. The molecule has 0 aliphatic carbocycles. The van der Waals surface area contributed by atoms with E-state index in [0.29, 0.717) is 17.2 Å². The van der Waals surface area contributed by atoms with Crippen LogP contribution in [0.15, 0.2) is 60.8 Å². The zero-order valence-electron chi connectivity index (χ0n) is 23.6. The van der Waals surface area contributed by atoms with Gasteiger partial charge in [-0.05, 0) is 59.5 Å². The second kappa shape index (κ2) is 11.3. The number of carbonyl (C=O) groups excluding carboxylic acids is 2. The van der Waals surface area contributed by atoms with Gasteiger partial charge in [-0.1, -0.05) is 45.0 Å². The predicted octanol–water partition coefficient (Wildman–Crippen LogP) is 5.97. The lowest BCUT2D eigenvalue weighted by Crippen LogP contribution is -2.24. The molecule has 0 atom stereocenters. The Balaban J connectivity index is 1.45. The van der Waals surface area contributed by atoms with E-state index in [0.717, 1.165) is 42.6 Å². The number of nitrogens with zero attached hydrogens (tertiary/aromatic N) is 4. The van der Waals surface area contributed by atoms with Gasteiger partial charge in [0, 0.05) is 35.9 Å². The number of ether oxygens (including phenoxy) is 1. The number of ketones is 1. The summed E-state index contributed by atoms with van der Waals surface area (Å²) in [5.41, 5.74) is 2.10. The zero-order chi connectivity index (χ0) is 29.1. The fourth-order valence-electron chi connectivity index (χ4n) is 4.99. The van der Waals surface area contributed by atoms with Gasteiger partial charge in [-0.15, -0.1) is 0 Å². The topological polar surface area (TPSA) is 120 Å². The number of methoxy groups -OCH3 is 1. The van der Waals surface area contributed by atoms with Crippen molar-refractivity contribution in [1.29, 1.82) is 5.26 Å². The van der Waals surface area contributed by atoms with Crippen molar-refractivity contribution in [3.8, 4) is 11.8 Å². The molecule has 1 saturated heterocycles. The molecule has 0 unspecified atom stereocenters. The van der Waals surface area contributed by atoms with E-state index >= 15 is 0 Å². The molecule has 41 heavy (non-hydrogen) atoms. The average molecular weight is 549 g/mol. The second-order valence-corrected chi connectivity index (χ2v) is 11.0. The summed E-state index contributed by atoms with van der Waals surface area (Å²) in [6.45, 7) is 7.89. The van der Waals surface area contributed by atoms with E-state index in [1.54, 1.807) is 36.5 Å². The summed E-state index contributed by atoms with van der Waals surface area (Å²) >= 11 is 0. The van der Waals surface area contributed by atoms with Gasteiger partial charge in [-0.25, -0.2) is 4.98 Å². The summed E-state index contributed by atoms with van der Waals surface area (Å²) in [6, 6.07) is 18.2. The molecule has 1 aliphatic heterocycles. The van der Waals surface area contributed by atoms with E-state index in [9.17, 15) is 14.9 Å². The highest BCUT2D eigenvalue weighted by atomic mass is 16.5. The minimum atomic E-state index is -0.824. The van der Waals surface area contributed by atoms with Crippen molar-refractivity contribution in [2.45, 2.75) is 39.0 Å². The molecule has 9 nitrogen and oxygen atoms in total. The summed E-state index contributed by atoms with van der Waals surface area (Å²) in [6.07, 6.45) is 3.99. The molecule has 4 aromatic rings. The molecule has 9 heteroatoms. The van der Waals surface area contributed by atoms with Gasteiger partial charge in [0.05, 0.1) is 18.4 Å². The van der Waals surface area contributed by atoms with Crippen LogP contribution in [-0.2, 0) is 10.2 Å². The molecular weight excluding hydrogens is 516 g/mol. The van der Waals surface area contributed by atoms with E-state index in [4.69, 9.17) is 4.74 Å². The number of Topliss-reactive ketones (excluding diaryl/α,β-unsaturated/α-hetero) is 1. The second-order valence-electron chi connectivity index (χ2n) is 11.0. The van der Waals surface area contributed by atoms with Gasteiger partial charge in [-0.2, -0.15) is 10.2 Å². The molecule has 1 aromatic heterocycles. The maximum Gasteiger partial charge on any atom is 0.296 e. The minimum absolute atomic E-state index is 0.212. The third-order valence-electron chi connectivity index (χ3n) is 7.20. The number of carbonyl (C=O) groups is 2. The van der Waals surface area contributed by atoms with Crippen LogP contribution in [0.1, 0.15) is 55.1 Å². The van der Waals surface area contributed by atoms with Gasteiger partial charge in [0.1, 0.15) is 11.9 Å². The molecule has 1 fully saturated rings. The van der Waals surface area contributed by atoms with Crippen molar-refractivity contribution < 1.29 is 14.3 Å². The lowest BCUT2D eigenvalue weighted by atomic mass is 9.85. The van der Waals surface area contributed by atoms with E-state index in [-0.39, 0.29) is 28.0 Å². The van der Waals surface area contributed by atoms with Crippen molar-refractivity contribution in [1.82, 2.24) is 9.97 Å². The van der Waals surface area contributed by atoms with E-state index in [1.807, 2.05) is 45.0 Å². The SMILES string of the molecule is COc1c(C#N)cc(C(C)(C)C)cc1NC(=O)C(=O)c1ccc(Nc2ccnc(N3CCCC3)n2)c2ccccc12. The Morgan fingerprint density at radius 1 is 1.00 bits per heavy atom. The molecule has 0 saturated carbocycles. The first-order valence-electron chi connectivity index (χ1n) is 13.5. The van der Waals surface area contributed by atoms with Crippen LogP contribution in [0, 0.1) is 11.3 Å². The van der Waals surface area contributed by atoms with Crippen LogP contribution in [0.4, 0.5) is 23.1 Å². The number of rotatable bonds is 7. The first-order chi connectivity index (χ1) is 19.7. The van der Waals surface area contributed by atoms with Crippen LogP contribution in [0.25, 0.3) is 10.8 Å². The highest BCUT2D eigenvalue weighted by molar-refractivity contribution is 6.48. The third kappa shape index (κ3) is 5.68. The van der Waals surface area contributed by atoms with Gasteiger partial charge >= 0.3 is 0 Å². The first kappa shape index (κ1) is 27.6. The van der Waals surface area contributed by atoms with Crippen molar-refractivity contribution in [3.63, 3.8) is 0 Å². The molecule has 208 valence electrons. The van der Waals surface area contributed by atoms with Crippen molar-refractivity contribution in [2.75, 3.05) is 35.7 Å². The fraction of sp³-hybridized carbons (Fsp3) is 0.281. The Hall–Kier alpha value is -4.97. The van der Waals surface area contributed by atoms with Crippen molar-refractivity contribution >= 4 is 45.6 Å². The summed E-state index contributed by atoms with van der Waals surface area (Å²) in [5.74, 6) is 0.0148. The minimum Gasteiger partial charge on any atom is -0.493 e. The van der Waals surface area contributed by atoms with Crippen LogP contribution in [0.3, 0.4) is 0 Å². The Morgan fingerprint density at radius 2 is 1.73 bits per heavy atom. The number of hydrogen-bond donors (Lipinski definition) is 2. The molecule has 5 rings (SSSR count). The molecule has 0 bridgehead atoms. The quantitative estimate of drug-likeness (QED) is 0.214. The summed E-state index contributed by atoms with van der Waals surface area (Å²) in [7, 11) is 1.43. The van der Waals surface area contributed by atoms with Gasteiger partial charge in [0.25, 0.3) is 11.7 Å². The van der Waals surface area contributed by atoms with E-state index in [1.165, 1.54) is 7.11 Å². The predicted molar refractivity (Wildman–Crippen MR) is 160 cm³/mol. The van der Waals surface area contributed by atoms with Crippen LogP contribution in [0.2, 0.25) is 0 Å². The fourth-order valence-corrected chi connectivity index (χ4v) is 4.99. The van der Waals surface area contributed by atoms with Crippen LogP contribution in [-0.4, -0.2) is 41.9 Å². The van der Waals surface area contributed by atoms with Gasteiger partial charge in [-0.3, -0.25) is 9.59 Å². The lowest BCUT2D eigenvalue weighted by molar-refractivity contribution is -0.112. The van der Waals surface area contributed by atoms with Crippen LogP contribution in [0.5, 0.6) is 5.75 Å². The number of nitriles is 1. The summed E-state index contributed by atoms with van der Waals surface area (Å²) in [5, 5.41) is 17.1. The number of amides is 1. The molecule has 2 heterocycles.